The zero-order chi connectivity index (χ0) is 14.0. The average molecular weight is 343 g/mol. The first-order chi connectivity index (χ1) is 9.01. The smallest absolute Gasteiger partial charge is 0.273 e. The number of benzene rings is 1. The van der Waals surface area contributed by atoms with E-state index in [2.05, 4.69) is 26.3 Å². The summed E-state index contributed by atoms with van der Waals surface area (Å²) in [5, 5.41) is 7.63. The zero-order valence-electron chi connectivity index (χ0n) is 10.6. The monoisotopic (exact) mass is 341 g/mol. The Kier molecular flexibility index (Phi) is 4.27. The fraction of sp³-hybridized carbons (Fsp3) is 0.231. The summed E-state index contributed by atoms with van der Waals surface area (Å²) in [6, 6.07) is 7.02. The first-order valence-corrected chi connectivity index (χ1v) is 6.97. The van der Waals surface area contributed by atoms with Crippen LogP contribution in [0.5, 0.6) is 0 Å². The van der Waals surface area contributed by atoms with Crippen LogP contribution in [-0.4, -0.2) is 15.7 Å². The maximum absolute atomic E-state index is 12.2. The van der Waals surface area contributed by atoms with Gasteiger partial charge in [-0.3, -0.25) is 9.48 Å². The highest BCUT2D eigenvalue weighted by atomic mass is 79.9. The second-order valence-corrected chi connectivity index (χ2v) is 5.37. The van der Waals surface area contributed by atoms with Crippen molar-refractivity contribution < 1.29 is 4.79 Å². The molecule has 100 valence electrons. The first-order valence-electron chi connectivity index (χ1n) is 5.80. The van der Waals surface area contributed by atoms with E-state index in [-0.39, 0.29) is 5.91 Å². The second kappa shape index (κ2) is 5.75. The minimum atomic E-state index is -0.210. The van der Waals surface area contributed by atoms with Crippen LogP contribution in [0.4, 0.5) is 5.69 Å². The molecule has 2 rings (SSSR count). The largest absolute Gasteiger partial charge is 0.320 e. The summed E-state index contributed by atoms with van der Waals surface area (Å²) in [5.74, 6) is -0.210. The lowest BCUT2D eigenvalue weighted by Crippen LogP contribution is -2.16. The summed E-state index contributed by atoms with van der Waals surface area (Å²) < 4.78 is 2.36. The number of carbonyl (C=O) groups is 1. The molecule has 0 unspecified atom stereocenters. The van der Waals surface area contributed by atoms with Gasteiger partial charge in [0.25, 0.3) is 5.91 Å². The maximum Gasteiger partial charge on any atom is 0.273 e. The van der Waals surface area contributed by atoms with Gasteiger partial charge in [-0.25, -0.2) is 0 Å². The third-order valence-corrected chi connectivity index (χ3v) is 3.63. The molecule has 2 aromatic rings. The second-order valence-electron chi connectivity index (χ2n) is 4.08. The van der Waals surface area contributed by atoms with E-state index in [1.54, 1.807) is 36.0 Å². The standard InChI is InChI=1S/C13H13BrClN3O/c1-3-9-7-12(18(2)17-9)13(19)16-11-6-8(15)4-5-10(11)14/h4-7H,3H2,1-2H3,(H,16,19). The van der Waals surface area contributed by atoms with Crippen molar-refractivity contribution >= 4 is 39.1 Å². The van der Waals surface area contributed by atoms with E-state index in [0.717, 1.165) is 16.6 Å². The van der Waals surface area contributed by atoms with E-state index in [0.29, 0.717) is 16.4 Å². The van der Waals surface area contributed by atoms with Gasteiger partial charge in [-0.15, -0.1) is 0 Å². The SMILES string of the molecule is CCc1cc(C(=O)Nc2cc(Cl)ccc2Br)n(C)n1. The molecule has 0 bridgehead atoms. The molecule has 1 aromatic carbocycles. The summed E-state index contributed by atoms with van der Waals surface area (Å²) >= 11 is 9.29. The lowest BCUT2D eigenvalue weighted by atomic mass is 10.2. The highest BCUT2D eigenvalue weighted by Crippen LogP contribution is 2.26. The molecular formula is C13H13BrClN3O. The summed E-state index contributed by atoms with van der Waals surface area (Å²) in [6.07, 6.45) is 0.794. The molecule has 0 saturated carbocycles. The minimum Gasteiger partial charge on any atom is -0.320 e. The Morgan fingerprint density at radius 1 is 1.47 bits per heavy atom. The number of nitrogens with one attached hydrogen (secondary N) is 1. The lowest BCUT2D eigenvalue weighted by molar-refractivity contribution is 0.101. The molecule has 0 atom stereocenters. The molecule has 1 amide bonds. The molecule has 0 radical (unpaired) electrons. The quantitative estimate of drug-likeness (QED) is 0.925. The fourth-order valence-electron chi connectivity index (χ4n) is 1.69. The minimum absolute atomic E-state index is 0.210. The number of nitrogens with zero attached hydrogens (tertiary/aromatic N) is 2. The number of hydrogen-bond acceptors (Lipinski definition) is 2. The first kappa shape index (κ1) is 14.1. The van der Waals surface area contributed by atoms with Crippen LogP contribution in [0.2, 0.25) is 5.02 Å². The number of aryl methyl sites for hydroxylation is 2. The molecule has 1 heterocycles. The lowest BCUT2D eigenvalue weighted by Gasteiger charge is -2.07. The van der Waals surface area contributed by atoms with Crippen molar-refractivity contribution in [3.05, 3.63) is 45.1 Å². The van der Waals surface area contributed by atoms with E-state index in [1.807, 2.05) is 6.92 Å². The van der Waals surface area contributed by atoms with Crippen molar-refractivity contribution in [2.24, 2.45) is 7.05 Å². The van der Waals surface area contributed by atoms with Crippen molar-refractivity contribution in [2.75, 3.05) is 5.32 Å². The highest BCUT2D eigenvalue weighted by Gasteiger charge is 2.14. The summed E-state index contributed by atoms with van der Waals surface area (Å²) in [6.45, 7) is 2.00. The Balaban J connectivity index is 2.25. The van der Waals surface area contributed by atoms with Gasteiger partial charge in [-0.2, -0.15) is 5.10 Å². The van der Waals surface area contributed by atoms with Crippen LogP contribution >= 0.6 is 27.5 Å². The Labute approximate surface area is 124 Å². The summed E-state index contributed by atoms with van der Waals surface area (Å²) in [4.78, 5) is 12.2. The van der Waals surface area contributed by atoms with E-state index in [1.165, 1.54) is 0 Å². The van der Waals surface area contributed by atoms with Gasteiger partial charge in [-0.1, -0.05) is 18.5 Å². The van der Waals surface area contributed by atoms with Gasteiger partial charge in [0.05, 0.1) is 11.4 Å². The maximum atomic E-state index is 12.2. The molecule has 0 aliphatic heterocycles. The van der Waals surface area contributed by atoms with Crippen molar-refractivity contribution in [3.8, 4) is 0 Å². The van der Waals surface area contributed by atoms with Gasteiger partial charge in [0, 0.05) is 16.5 Å². The van der Waals surface area contributed by atoms with E-state index in [4.69, 9.17) is 11.6 Å². The van der Waals surface area contributed by atoms with Crippen LogP contribution in [0, 0.1) is 0 Å². The number of anilines is 1. The van der Waals surface area contributed by atoms with Crippen LogP contribution in [0.25, 0.3) is 0 Å². The van der Waals surface area contributed by atoms with Crippen LogP contribution < -0.4 is 5.32 Å². The molecular weight excluding hydrogens is 330 g/mol. The molecule has 0 aliphatic rings. The number of carbonyl (C=O) groups excluding carboxylic acids is 1. The highest BCUT2D eigenvalue weighted by molar-refractivity contribution is 9.10. The van der Waals surface area contributed by atoms with Gasteiger partial charge in [-0.05, 0) is 46.6 Å². The molecule has 4 nitrogen and oxygen atoms in total. The van der Waals surface area contributed by atoms with Gasteiger partial charge < -0.3 is 5.32 Å². The summed E-state index contributed by atoms with van der Waals surface area (Å²) in [5.41, 5.74) is 2.04. The Hall–Kier alpha value is -1.33. The zero-order valence-corrected chi connectivity index (χ0v) is 12.9. The molecule has 0 spiro atoms. The Morgan fingerprint density at radius 2 is 2.21 bits per heavy atom. The van der Waals surface area contributed by atoms with Crippen molar-refractivity contribution in [1.82, 2.24) is 9.78 Å². The molecule has 19 heavy (non-hydrogen) atoms. The third-order valence-electron chi connectivity index (χ3n) is 2.70. The van der Waals surface area contributed by atoms with E-state index >= 15 is 0 Å². The Bertz CT molecular complexity index is 624. The molecule has 6 heteroatoms. The fourth-order valence-corrected chi connectivity index (χ4v) is 2.21. The predicted octanol–water partition coefficient (Wildman–Crippen LogP) is 3.65. The van der Waals surface area contributed by atoms with Gasteiger partial charge in [0.15, 0.2) is 0 Å². The van der Waals surface area contributed by atoms with Gasteiger partial charge in [0.1, 0.15) is 5.69 Å². The third kappa shape index (κ3) is 3.16. The predicted molar refractivity (Wildman–Crippen MR) is 79.7 cm³/mol. The van der Waals surface area contributed by atoms with Crippen LogP contribution in [0.15, 0.2) is 28.7 Å². The number of halogens is 2. The average Bonchev–Trinajstić information content (AvgIpc) is 2.75. The molecule has 0 fully saturated rings. The summed E-state index contributed by atoms with van der Waals surface area (Å²) in [7, 11) is 1.75. The molecule has 0 saturated heterocycles. The number of hydrogen-bond donors (Lipinski definition) is 1. The van der Waals surface area contributed by atoms with E-state index < -0.39 is 0 Å². The van der Waals surface area contributed by atoms with Crippen molar-refractivity contribution in [2.45, 2.75) is 13.3 Å². The van der Waals surface area contributed by atoms with Crippen molar-refractivity contribution in [3.63, 3.8) is 0 Å². The van der Waals surface area contributed by atoms with Gasteiger partial charge >= 0.3 is 0 Å². The normalized spacial score (nSPS) is 10.5. The van der Waals surface area contributed by atoms with Crippen LogP contribution in [-0.2, 0) is 13.5 Å². The number of aromatic nitrogens is 2. The number of amides is 1. The van der Waals surface area contributed by atoms with Gasteiger partial charge in [0.2, 0.25) is 0 Å². The van der Waals surface area contributed by atoms with Crippen LogP contribution in [0.1, 0.15) is 23.1 Å². The molecule has 0 aliphatic carbocycles. The Morgan fingerprint density at radius 3 is 2.84 bits per heavy atom. The number of rotatable bonds is 3. The van der Waals surface area contributed by atoms with Crippen molar-refractivity contribution in [1.29, 1.82) is 0 Å². The molecule has 1 N–H and O–H groups in total. The van der Waals surface area contributed by atoms with Crippen LogP contribution in [0.3, 0.4) is 0 Å². The molecule has 1 aromatic heterocycles. The topological polar surface area (TPSA) is 46.9 Å². The van der Waals surface area contributed by atoms with E-state index in [9.17, 15) is 4.79 Å².